The van der Waals surface area contributed by atoms with Gasteiger partial charge in [-0.3, -0.25) is 5.43 Å². The minimum atomic E-state index is -0.582. The summed E-state index contributed by atoms with van der Waals surface area (Å²) in [5.41, 5.74) is 2.21. The SMILES string of the molecule is NNc1cccc([N+](=O)[O-])n1. The lowest BCUT2D eigenvalue weighted by Crippen LogP contribution is -2.08. The number of anilines is 1. The van der Waals surface area contributed by atoms with Crippen molar-refractivity contribution in [2.45, 2.75) is 0 Å². The van der Waals surface area contributed by atoms with Crippen LogP contribution in [0.15, 0.2) is 18.2 Å². The van der Waals surface area contributed by atoms with Crippen LogP contribution in [0.3, 0.4) is 0 Å². The van der Waals surface area contributed by atoms with Gasteiger partial charge in [-0.05, 0) is 16.0 Å². The van der Waals surface area contributed by atoms with Crippen LogP contribution in [0.5, 0.6) is 0 Å². The normalized spacial score (nSPS) is 9.18. The van der Waals surface area contributed by atoms with Crippen LogP contribution in [-0.2, 0) is 0 Å². The van der Waals surface area contributed by atoms with Crippen LogP contribution in [0.4, 0.5) is 11.6 Å². The van der Waals surface area contributed by atoms with Crippen LogP contribution in [-0.4, -0.2) is 9.91 Å². The minimum absolute atomic E-state index is 0.222. The van der Waals surface area contributed by atoms with Gasteiger partial charge in [0.05, 0.1) is 0 Å². The maximum Gasteiger partial charge on any atom is 0.365 e. The molecule has 58 valence electrons. The van der Waals surface area contributed by atoms with Crippen molar-refractivity contribution in [2.24, 2.45) is 5.84 Å². The Morgan fingerprint density at radius 1 is 1.64 bits per heavy atom. The molecule has 0 spiro atoms. The molecule has 1 aromatic rings. The molecule has 11 heavy (non-hydrogen) atoms. The number of nitrogens with two attached hydrogens (primary N) is 1. The first-order valence-corrected chi connectivity index (χ1v) is 2.82. The van der Waals surface area contributed by atoms with E-state index < -0.39 is 4.92 Å². The predicted molar refractivity (Wildman–Crippen MR) is 38.7 cm³/mol. The van der Waals surface area contributed by atoms with Crippen molar-refractivity contribution in [3.05, 3.63) is 28.3 Å². The monoisotopic (exact) mass is 154 g/mol. The van der Waals surface area contributed by atoms with Gasteiger partial charge in [-0.25, -0.2) is 5.84 Å². The Morgan fingerprint density at radius 3 is 2.91 bits per heavy atom. The molecule has 0 amide bonds. The molecule has 1 heterocycles. The summed E-state index contributed by atoms with van der Waals surface area (Å²) in [6.45, 7) is 0. The molecule has 0 atom stereocenters. The number of hydrogen-bond donors (Lipinski definition) is 2. The van der Waals surface area contributed by atoms with Gasteiger partial charge in [0.2, 0.25) is 0 Å². The van der Waals surface area contributed by atoms with E-state index in [1.807, 2.05) is 0 Å². The lowest BCUT2D eigenvalue weighted by atomic mass is 10.4. The quantitative estimate of drug-likeness (QED) is 0.362. The molecule has 6 heteroatoms. The average Bonchev–Trinajstić information content (AvgIpc) is 2.05. The number of nitrogens with zero attached hydrogens (tertiary/aromatic N) is 2. The molecule has 0 unspecified atom stereocenters. The summed E-state index contributed by atoms with van der Waals surface area (Å²) >= 11 is 0. The lowest BCUT2D eigenvalue weighted by Gasteiger charge is -1.93. The van der Waals surface area contributed by atoms with Crippen LogP contribution < -0.4 is 11.3 Å². The summed E-state index contributed by atoms with van der Waals surface area (Å²) in [5, 5.41) is 10.1. The van der Waals surface area contributed by atoms with Crippen molar-refractivity contribution >= 4 is 11.6 Å². The first kappa shape index (κ1) is 7.42. The van der Waals surface area contributed by atoms with Crippen molar-refractivity contribution in [3.8, 4) is 0 Å². The number of aromatic nitrogens is 1. The zero-order valence-corrected chi connectivity index (χ0v) is 5.52. The molecule has 0 fully saturated rings. The van der Waals surface area contributed by atoms with Crippen LogP contribution in [0.2, 0.25) is 0 Å². The van der Waals surface area contributed by atoms with E-state index in [9.17, 15) is 10.1 Å². The van der Waals surface area contributed by atoms with Gasteiger partial charge in [0.1, 0.15) is 0 Å². The van der Waals surface area contributed by atoms with Crippen molar-refractivity contribution < 1.29 is 4.92 Å². The second-order valence-corrected chi connectivity index (χ2v) is 1.78. The second kappa shape index (κ2) is 2.93. The third-order valence-corrected chi connectivity index (χ3v) is 1.07. The van der Waals surface area contributed by atoms with Gasteiger partial charge >= 0.3 is 5.82 Å². The highest BCUT2D eigenvalue weighted by Gasteiger charge is 2.06. The molecule has 0 bridgehead atoms. The fourth-order valence-electron chi connectivity index (χ4n) is 0.605. The number of nitrogens with one attached hydrogen (secondary N) is 1. The molecule has 3 N–H and O–H groups in total. The van der Waals surface area contributed by atoms with Crippen molar-refractivity contribution in [1.29, 1.82) is 0 Å². The van der Waals surface area contributed by atoms with Gasteiger partial charge in [0.25, 0.3) is 5.82 Å². The number of rotatable bonds is 2. The molecule has 0 saturated heterocycles. The Balaban J connectivity index is 3.01. The number of hydrogen-bond acceptors (Lipinski definition) is 5. The summed E-state index contributed by atoms with van der Waals surface area (Å²) in [6.07, 6.45) is 0. The largest absolute Gasteiger partial charge is 0.365 e. The molecule has 0 aliphatic rings. The Bertz CT molecular complexity index is 275. The number of nitrogen functional groups attached to an aromatic ring is 1. The Hall–Kier alpha value is -1.69. The van der Waals surface area contributed by atoms with E-state index in [4.69, 9.17) is 5.84 Å². The highest BCUT2D eigenvalue weighted by molar-refractivity contribution is 5.37. The van der Waals surface area contributed by atoms with Gasteiger partial charge in [-0.2, -0.15) is 0 Å². The van der Waals surface area contributed by atoms with E-state index in [2.05, 4.69) is 10.4 Å². The lowest BCUT2D eigenvalue weighted by molar-refractivity contribution is -0.389. The first-order chi connectivity index (χ1) is 5.24. The number of pyridine rings is 1. The maximum atomic E-state index is 10.1. The van der Waals surface area contributed by atoms with E-state index in [1.54, 1.807) is 0 Å². The van der Waals surface area contributed by atoms with E-state index >= 15 is 0 Å². The zero-order chi connectivity index (χ0) is 8.27. The third-order valence-electron chi connectivity index (χ3n) is 1.07. The van der Waals surface area contributed by atoms with E-state index in [-0.39, 0.29) is 11.6 Å². The fraction of sp³-hybridized carbons (Fsp3) is 0. The van der Waals surface area contributed by atoms with Gasteiger partial charge in [-0.15, -0.1) is 0 Å². The Labute approximate surface area is 62.2 Å². The van der Waals surface area contributed by atoms with Crippen molar-refractivity contribution in [2.75, 3.05) is 5.43 Å². The van der Waals surface area contributed by atoms with Crippen molar-refractivity contribution in [3.63, 3.8) is 0 Å². The fourth-order valence-corrected chi connectivity index (χ4v) is 0.605. The molecule has 0 aromatic carbocycles. The molecular weight excluding hydrogens is 148 g/mol. The van der Waals surface area contributed by atoms with Crippen LogP contribution in [0.25, 0.3) is 0 Å². The Kier molecular flexibility index (Phi) is 1.98. The van der Waals surface area contributed by atoms with Crippen LogP contribution in [0, 0.1) is 10.1 Å². The summed E-state index contributed by atoms with van der Waals surface area (Å²) in [4.78, 5) is 13.1. The van der Waals surface area contributed by atoms with Gasteiger partial charge in [0.15, 0.2) is 0 Å². The highest BCUT2D eigenvalue weighted by atomic mass is 16.6. The van der Waals surface area contributed by atoms with Crippen LogP contribution in [0.1, 0.15) is 0 Å². The zero-order valence-electron chi connectivity index (χ0n) is 5.52. The minimum Gasteiger partial charge on any atom is -0.358 e. The molecule has 1 rings (SSSR count). The smallest absolute Gasteiger partial charge is 0.358 e. The molecule has 0 saturated carbocycles. The summed E-state index contributed by atoms with van der Waals surface area (Å²) in [7, 11) is 0. The van der Waals surface area contributed by atoms with E-state index in [0.717, 1.165) is 0 Å². The summed E-state index contributed by atoms with van der Waals surface area (Å²) < 4.78 is 0. The standard InChI is InChI=1S/C5H6N4O2/c6-8-4-2-1-3-5(7-4)9(10)11/h1-3H,6H2,(H,7,8). The number of hydrazine groups is 1. The molecule has 0 radical (unpaired) electrons. The van der Waals surface area contributed by atoms with Gasteiger partial charge < -0.3 is 10.1 Å². The van der Waals surface area contributed by atoms with Gasteiger partial charge in [-0.1, -0.05) is 0 Å². The first-order valence-electron chi connectivity index (χ1n) is 2.82. The highest BCUT2D eigenvalue weighted by Crippen LogP contribution is 2.09. The third kappa shape index (κ3) is 1.62. The summed E-state index contributed by atoms with van der Waals surface area (Å²) in [5.74, 6) is 5.04. The van der Waals surface area contributed by atoms with E-state index in [1.165, 1.54) is 18.2 Å². The summed E-state index contributed by atoms with van der Waals surface area (Å²) in [6, 6.07) is 4.33. The maximum absolute atomic E-state index is 10.1. The molecule has 6 nitrogen and oxygen atoms in total. The van der Waals surface area contributed by atoms with Gasteiger partial charge in [0, 0.05) is 12.1 Å². The van der Waals surface area contributed by atoms with Crippen molar-refractivity contribution in [1.82, 2.24) is 4.98 Å². The average molecular weight is 154 g/mol. The molecule has 0 aliphatic carbocycles. The molecular formula is C5H6N4O2. The molecule has 0 aliphatic heterocycles. The predicted octanol–water partition coefficient (Wildman–Crippen LogP) is 0.275. The van der Waals surface area contributed by atoms with E-state index in [0.29, 0.717) is 0 Å². The second-order valence-electron chi connectivity index (χ2n) is 1.78. The number of nitro groups is 1. The topological polar surface area (TPSA) is 94.1 Å². The Morgan fingerprint density at radius 2 is 2.36 bits per heavy atom. The molecule has 1 aromatic heterocycles. The van der Waals surface area contributed by atoms with Crippen LogP contribution >= 0.6 is 0 Å².